The Bertz CT molecular complexity index is 1230. The number of primary amides is 1. The van der Waals surface area contributed by atoms with Crippen LogP contribution in [0.2, 0.25) is 0 Å². The van der Waals surface area contributed by atoms with Crippen molar-refractivity contribution in [2.24, 2.45) is 5.73 Å². The van der Waals surface area contributed by atoms with Gasteiger partial charge < -0.3 is 15.6 Å². The molecule has 0 atom stereocenters. The minimum atomic E-state index is -0.947. The maximum absolute atomic E-state index is 12.9. The largest absolute Gasteiger partial charge is 0.368 e. The number of nitrogens with two attached hydrogens (primary N) is 1. The average molecular weight is 456 g/mol. The van der Waals surface area contributed by atoms with Gasteiger partial charge in [0, 0.05) is 23.9 Å². The quantitative estimate of drug-likeness (QED) is 0.497. The van der Waals surface area contributed by atoms with E-state index in [9.17, 15) is 14.4 Å². The number of nitrogens with zero attached hydrogens (tertiary/aromatic N) is 1. The number of hydrogen-bond donors (Lipinski definition) is 2. The summed E-state index contributed by atoms with van der Waals surface area (Å²) in [5.41, 5.74) is 8.36. The van der Waals surface area contributed by atoms with Gasteiger partial charge in [0.25, 0.3) is 5.91 Å². The number of carbonyl (C=O) groups is 3. The molecule has 1 fully saturated rings. The van der Waals surface area contributed by atoms with Crippen molar-refractivity contribution in [3.8, 4) is 0 Å². The zero-order valence-corrected chi connectivity index (χ0v) is 19.3. The van der Waals surface area contributed by atoms with E-state index < -0.39 is 11.4 Å². The summed E-state index contributed by atoms with van der Waals surface area (Å²) < 4.78 is 1.89. The molecule has 0 bridgehead atoms. The number of carbonyl (C=O) groups excluding carboxylic acids is 3. The molecule has 6 nitrogen and oxygen atoms in total. The van der Waals surface area contributed by atoms with Crippen LogP contribution in [0.1, 0.15) is 63.2 Å². The molecule has 0 spiro atoms. The van der Waals surface area contributed by atoms with Crippen molar-refractivity contribution in [3.05, 3.63) is 101 Å². The average Bonchev–Trinajstić information content (AvgIpc) is 3.50. The van der Waals surface area contributed by atoms with Crippen LogP contribution in [0.5, 0.6) is 0 Å². The molecule has 4 rings (SSSR count). The minimum Gasteiger partial charge on any atom is -0.368 e. The van der Waals surface area contributed by atoms with Crippen LogP contribution in [0.15, 0.2) is 72.9 Å². The Kier molecular flexibility index (Phi) is 6.77. The highest BCUT2D eigenvalue weighted by molar-refractivity contribution is 6.08. The Morgan fingerprint density at radius 1 is 1.00 bits per heavy atom. The summed E-state index contributed by atoms with van der Waals surface area (Å²) in [5.74, 6) is -0.795. The molecule has 3 N–H and O–H groups in total. The van der Waals surface area contributed by atoms with E-state index in [1.165, 1.54) is 0 Å². The first-order chi connectivity index (χ1) is 16.4. The number of hydrogen-bond acceptors (Lipinski definition) is 3. The summed E-state index contributed by atoms with van der Waals surface area (Å²) in [5, 5.41) is 2.87. The number of allylic oxidation sites excluding steroid dienone is 1. The van der Waals surface area contributed by atoms with Gasteiger partial charge in [0.05, 0.1) is 5.69 Å². The summed E-state index contributed by atoms with van der Waals surface area (Å²) in [4.78, 5) is 37.7. The maximum atomic E-state index is 12.9. The van der Waals surface area contributed by atoms with Gasteiger partial charge in [-0.25, -0.2) is 0 Å². The standard InChI is InChI=1S/C28H29N3O3/c1-20-11-13-22(14-12-20)25(32)24-10-6-18-31(24)17-5-8-21-7-4-9-23(19-21)26(33)30-28(27(29)34)15-2-3-16-28/h4-14,18-19H,2-3,15-17H2,1H3,(H2,29,34)(H,30,33)/b8-5+. The monoisotopic (exact) mass is 455 g/mol. The Labute approximate surface area is 199 Å². The Morgan fingerprint density at radius 3 is 2.44 bits per heavy atom. The van der Waals surface area contributed by atoms with Crippen LogP contribution >= 0.6 is 0 Å². The Hall–Kier alpha value is -3.93. The Balaban J connectivity index is 1.44. The van der Waals surface area contributed by atoms with Crippen LogP contribution in [0, 0.1) is 6.92 Å². The SMILES string of the molecule is Cc1ccc(C(=O)c2cccn2C/C=C/c2cccc(C(=O)NC3(C(N)=O)CCCC3)c2)cc1. The molecule has 2 amide bonds. The number of aryl methyl sites for hydroxylation is 1. The molecular formula is C28H29N3O3. The van der Waals surface area contributed by atoms with E-state index in [1.807, 2.05) is 78.4 Å². The van der Waals surface area contributed by atoms with Crippen molar-refractivity contribution < 1.29 is 14.4 Å². The number of benzene rings is 2. The molecule has 0 saturated heterocycles. The van der Waals surface area contributed by atoms with Gasteiger partial charge in [-0.05, 0) is 49.6 Å². The van der Waals surface area contributed by atoms with Gasteiger partial charge in [0.2, 0.25) is 11.7 Å². The molecule has 0 unspecified atom stereocenters. The third-order valence-corrected chi connectivity index (χ3v) is 6.42. The fraction of sp³-hybridized carbons (Fsp3) is 0.250. The lowest BCUT2D eigenvalue weighted by atomic mass is 9.96. The van der Waals surface area contributed by atoms with Crippen LogP contribution < -0.4 is 11.1 Å². The summed E-state index contributed by atoms with van der Waals surface area (Å²) in [7, 11) is 0. The van der Waals surface area contributed by atoms with E-state index in [4.69, 9.17) is 5.73 Å². The molecule has 3 aromatic rings. The van der Waals surface area contributed by atoms with Crippen molar-refractivity contribution in [1.29, 1.82) is 0 Å². The number of ketones is 1. The first-order valence-corrected chi connectivity index (χ1v) is 11.5. The molecule has 6 heteroatoms. The molecule has 1 aliphatic carbocycles. The fourth-order valence-electron chi connectivity index (χ4n) is 4.42. The maximum Gasteiger partial charge on any atom is 0.252 e. The molecule has 0 aliphatic heterocycles. The molecule has 2 aromatic carbocycles. The van der Waals surface area contributed by atoms with Gasteiger partial charge in [-0.15, -0.1) is 0 Å². The van der Waals surface area contributed by atoms with Crippen molar-refractivity contribution in [1.82, 2.24) is 9.88 Å². The Morgan fingerprint density at radius 2 is 1.74 bits per heavy atom. The third-order valence-electron chi connectivity index (χ3n) is 6.42. The zero-order valence-electron chi connectivity index (χ0n) is 19.3. The second kappa shape index (κ2) is 9.91. The van der Waals surface area contributed by atoms with Crippen LogP contribution in [0.25, 0.3) is 6.08 Å². The number of aromatic nitrogens is 1. The van der Waals surface area contributed by atoms with Gasteiger partial charge in [0.1, 0.15) is 5.54 Å². The first kappa shape index (κ1) is 23.2. The van der Waals surface area contributed by atoms with Crippen molar-refractivity contribution in [2.75, 3.05) is 0 Å². The van der Waals surface area contributed by atoms with Gasteiger partial charge in [-0.3, -0.25) is 14.4 Å². The normalized spacial score (nSPS) is 14.9. The lowest BCUT2D eigenvalue weighted by molar-refractivity contribution is -0.123. The van der Waals surface area contributed by atoms with E-state index in [0.29, 0.717) is 36.2 Å². The van der Waals surface area contributed by atoms with Crippen LogP contribution in [0.3, 0.4) is 0 Å². The zero-order chi connectivity index (χ0) is 24.1. The first-order valence-electron chi connectivity index (χ1n) is 11.5. The lowest BCUT2D eigenvalue weighted by Crippen LogP contribution is -2.55. The molecule has 1 aromatic heterocycles. The van der Waals surface area contributed by atoms with Crippen molar-refractivity contribution in [2.45, 2.75) is 44.7 Å². The second-order valence-electron chi connectivity index (χ2n) is 8.88. The van der Waals surface area contributed by atoms with E-state index in [-0.39, 0.29) is 11.7 Å². The smallest absolute Gasteiger partial charge is 0.252 e. The third kappa shape index (κ3) is 5.01. The van der Waals surface area contributed by atoms with E-state index in [1.54, 1.807) is 12.1 Å². The highest BCUT2D eigenvalue weighted by Gasteiger charge is 2.41. The molecule has 34 heavy (non-hydrogen) atoms. The van der Waals surface area contributed by atoms with Gasteiger partial charge >= 0.3 is 0 Å². The van der Waals surface area contributed by atoms with E-state index >= 15 is 0 Å². The molecule has 174 valence electrons. The van der Waals surface area contributed by atoms with Gasteiger partial charge in [0.15, 0.2) is 0 Å². The highest BCUT2D eigenvalue weighted by Crippen LogP contribution is 2.29. The topological polar surface area (TPSA) is 94.2 Å². The summed E-state index contributed by atoms with van der Waals surface area (Å²) in [6.07, 6.45) is 8.64. The summed E-state index contributed by atoms with van der Waals surface area (Å²) >= 11 is 0. The molecule has 0 radical (unpaired) electrons. The number of nitrogens with one attached hydrogen (secondary N) is 1. The highest BCUT2D eigenvalue weighted by atomic mass is 16.2. The molecule has 1 aliphatic rings. The van der Waals surface area contributed by atoms with Crippen molar-refractivity contribution in [3.63, 3.8) is 0 Å². The van der Waals surface area contributed by atoms with Gasteiger partial charge in [-0.1, -0.05) is 67.0 Å². The van der Waals surface area contributed by atoms with Crippen LogP contribution in [-0.2, 0) is 11.3 Å². The predicted molar refractivity (Wildman–Crippen MR) is 132 cm³/mol. The summed E-state index contributed by atoms with van der Waals surface area (Å²) in [6, 6.07) is 18.4. The lowest BCUT2D eigenvalue weighted by Gasteiger charge is -2.26. The molecular weight excluding hydrogens is 426 g/mol. The second-order valence-corrected chi connectivity index (χ2v) is 8.88. The summed E-state index contributed by atoms with van der Waals surface area (Å²) in [6.45, 7) is 2.51. The molecule has 1 heterocycles. The number of rotatable bonds is 8. The minimum absolute atomic E-state index is 0.0210. The predicted octanol–water partition coefficient (Wildman–Crippen LogP) is 4.27. The molecule has 1 saturated carbocycles. The van der Waals surface area contributed by atoms with E-state index in [2.05, 4.69) is 5.32 Å². The van der Waals surface area contributed by atoms with Crippen LogP contribution in [0.4, 0.5) is 0 Å². The fourth-order valence-corrected chi connectivity index (χ4v) is 4.42. The van der Waals surface area contributed by atoms with E-state index in [0.717, 1.165) is 24.0 Å². The van der Waals surface area contributed by atoms with Crippen LogP contribution in [-0.4, -0.2) is 27.7 Å². The van der Waals surface area contributed by atoms with Gasteiger partial charge in [-0.2, -0.15) is 0 Å². The van der Waals surface area contributed by atoms with Crippen molar-refractivity contribution >= 4 is 23.7 Å². The number of amides is 2.